The molecule has 0 amide bonds. The van der Waals surface area contributed by atoms with Crippen molar-refractivity contribution in [2.24, 2.45) is 0 Å². The Balaban J connectivity index is 2.29. The highest BCUT2D eigenvalue weighted by Crippen LogP contribution is 2.29. The van der Waals surface area contributed by atoms with Crippen molar-refractivity contribution in [3.8, 4) is 0 Å². The molecule has 0 bridgehead atoms. The van der Waals surface area contributed by atoms with Crippen molar-refractivity contribution in [1.29, 1.82) is 0 Å². The van der Waals surface area contributed by atoms with Gasteiger partial charge < -0.3 is 4.74 Å². The molecule has 0 atom stereocenters. The molecule has 0 saturated carbocycles. The molecule has 0 spiro atoms. The van der Waals surface area contributed by atoms with Crippen LogP contribution >= 0.6 is 35.0 Å². The normalized spacial score (nSPS) is 11.8. The van der Waals surface area contributed by atoms with E-state index in [9.17, 15) is 13.2 Å². The Morgan fingerprint density at radius 3 is 2.59 bits per heavy atom. The second-order valence-electron chi connectivity index (χ2n) is 3.09. The Bertz CT molecular complexity index is 371. The third-order valence-corrected chi connectivity index (χ3v) is 3.34. The van der Waals surface area contributed by atoms with Crippen LogP contribution in [0.5, 0.6) is 0 Å². The predicted molar refractivity (Wildman–Crippen MR) is 64.1 cm³/mol. The van der Waals surface area contributed by atoms with Gasteiger partial charge in [-0.1, -0.05) is 23.2 Å². The molecule has 0 aliphatic heterocycles. The minimum Gasteiger partial charge on any atom is -0.371 e. The third-order valence-electron chi connectivity index (χ3n) is 1.64. The second-order valence-corrected chi connectivity index (χ2v) is 5.07. The molecule has 17 heavy (non-hydrogen) atoms. The van der Waals surface area contributed by atoms with Crippen molar-refractivity contribution in [3.63, 3.8) is 0 Å². The van der Waals surface area contributed by atoms with Gasteiger partial charge in [0.05, 0.1) is 11.6 Å². The molecule has 7 heteroatoms. The fraction of sp³-hybridized carbons (Fsp3) is 0.400. The van der Waals surface area contributed by atoms with Crippen molar-refractivity contribution in [3.05, 3.63) is 28.2 Å². The summed E-state index contributed by atoms with van der Waals surface area (Å²) in [5.74, 6) is 0.385. The van der Waals surface area contributed by atoms with Crippen LogP contribution in [0.3, 0.4) is 0 Å². The molecular weight excluding hydrogens is 296 g/mol. The van der Waals surface area contributed by atoms with Crippen molar-refractivity contribution >= 4 is 35.0 Å². The Morgan fingerprint density at radius 1 is 1.24 bits per heavy atom. The number of alkyl halides is 3. The summed E-state index contributed by atoms with van der Waals surface area (Å²) in [6, 6.07) is 4.95. The summed E-state index contributed by atoms with van der Waals surface area (Å²) < 4.78 is 39.7. The first-order chi connectivity index (χ1) is 7.88. The largest absolute Gasteiger partial charge is 0.411 e. The quantitative estimate of drug-likeness (QED) is 0.578. The Kier molecular flexibility index (Phi) is 5.92. The van der Waals surface area contributed by atoms with E-state index in [2.05, 4.69) is 4.74 Å². The van der Waals surface area contributed by atoms with Crippen LogP contribution in [0.25, 0.3) is 0 Å². The summed E-state index contributed by atoms with van der Waals surface area (Å²) in [6.45, 7) is -1.22. The van der Waals surface area contributed by atoms with Gasteiger partial charge in [0, 0.05) is 15.7 Å². The number of rotatable bonds is 5. The summed E-state index contributed by atoms with van der Waals surface area (Å²) in [7, 11) is 0. The predicted octanol–water partition coefficient (Wildman–Crippen LogP) is 4.66. The van der Waals surface area contributed by atoms with E-state index in [0.29, 0.717) is 15.8 Å². The van der Waals surface area contributed by atoms with Gasteiger partial charge in [0.2, 0.25) is 0 Å². The van der Waals surface area contributed by atoms with Crippen LogP contribution < -0.4 is 0 Å². The average Bonchev–Trinajstić information content (AvgIpc) is 2.21. The molecular formula is C10H9Cl2F3OS. The van der Waals surface area contributed by atoms with Gasteiger partial charge in [0.1, 0.15) is 6.61 Å². The smallest absolute Gasteiger partial charge is 0.371 e. The van der Waals surface area contributed by atoms with Crippen molar-refractivity contribution in [2.75, 3.05) is 19.0 Å². The Hall–Kier alpha value is -0.100. The zero-order valence-electron chi connectivity index (χ0n) is 8.56. The number of halogens is 5. The van der Waals surface area contributed by atoms with Crippen LogP contribution in [0.15, 0.2) is 23.1 Å². The van der Waals surface area contributed by atoms with Gasteiger partial charge in [-0.3, -0.25) is 0 Å². The van der Waals surface area contributed by atoms with Crippen LogP contribution in [0.1, 0.15) is 0 Å². The molecule has 0 aromatic heterocycles. The molecule has 0 radical (unpaired) electrons. The SMILES string of the molecule is FC(F)(F)COCCSc1cc(Cl)ccc1Cl. The lowest BCUT2D eigenvalue weighted by molar-refractivity contribution is -0.172. The lowest BCUT2D eigenvalue weighted by Crippen LogP contribution is -2.17. The Morgan fingerprint density at radius 2 is 1.94 bits per heavy atom. The molecule has 0 unspecified atom stereocenters. The van der Waals surface area contributed by atoms with E-state index in [1.54, 1.807) is 18.2 Å². The minimum absolute atomic E-state index is 0.00696. The lowest BCUT2D eigenvalue weighted by atomic mass is 10.4. The van der Waals surface area contributed by atoms with Crippen molar-refractivity contribution < 1.29 is 17.9 Å². The monoisotopic (exact) mass is 304 g/mol. The number of hydrogen-bond acceptors (Lipinski definition) is 2. The van der Waals surface area contributed by atoms with Gasteiger partial charge in [-0.2, -0.15) is 13.2 Å². The highest BCUT2D eigenvalue weighted by Gasteiger charge is 2.27. The molecule has 1 rings (SSSR count). The average molecular weight is 305 g/mol. The third kappa shape index (κ3) is 6.41. The van der Waals surface area contributed by atoms with Gasteiger partial charge in [-0.05, 0) is 18.2 Å². The maximum atomic E-state index is 11.8. The summed E-state index contributed by atoms with van der Waals surface area (Å²) in [5, 5.41) is 1.06. The second kappa shape index (κ2) is 6.73. The minimum atomic E-state index is -4.28. The molecule has 96 valence electrons. The first kappa shape index (κ1) is 15.0. The van der Waals surface area contributed by atoms with Crippen LogP contribution in [-0.2, 0) is 4.74 Å². The topological polar surface area (TPSA) is 9.23 Å². The van der Waals surface area contributed by atoms with E-state index in [1.807, 2.05) is 0 Å². The molecule has 0 N–H and O–H groups in total. The fourth-order valence-electron chi connectivity index (χ4n) is 0.986. The van der Waals surface area contributed by atoms with E-state index in [0.717, 1.165) is 4.90 Å². The van der Waals surface area contributed by atoms with Gasteiger partial charge in [-0.15, -0.1) is 11.8 Å². The number of thioether (sulfide) groups is 1. The van der Waals surface area contributed by atoms with Gasteiger partial charge in [0.15, 0.2) is 0 Å². The van der Waals surface area contributed by atoms with E-state index in [-0.39, 0.29) is 6.61 Å². The molecule has 0 aliphatic rings. The first-order valence-corrected chi connectivity index (χ1v) is 6.35. The number of hydrogen-bond donors (Lipinski definition) is 0. The fourth-order valence-corrected chi connectivity index (χ4v) is 2.34. The molecule has 0 aliphatic carbocycles. The summed E-state index contributed by atoms with van der Waals surface area (Å²) >= 11 is 12.9. The van der Waals surface area contributed by atoms with Crippen LogP contribution in [0.4, 0.5) is 13.2 Å². The Labute approximate surface area is 111 Å². The van der Waals surface area contributed by atoms with Crippen molar-refractivity contribution in [2.45, 2.75) is 11.1 Å². The zero-order valence-corrected chi connectivity index (χ0v) is 10.9. The van der Waals surface area contributed by atoms with Crippen molar-refractivity contribution in [1.82, 2.24) is 0 Å². The summed E-state index contributed by atoms with van der Waals surface area (Å²) in [4.78, 5) is 0.731. The van der Waals surface area contributed by atoms with Crippen LogP contribution in [0, 0.1) is 0 Å². The van der Waals surface area contributed by atoms with Gasteiger partial charge >= 0.3 is 6.18 Å². The molecule has 1 aromatic carbocycles. The maximum absolute atomic E-state index is 11.8. The standard InChI is InChI=1S/C10H9Cl2F3OS/c11-7-1-2-8(12)9(5-7)17-4-3-16-6-10(13,14)15/h1-2,5H,3-4,6H2. The zero-order chi connectivity index (χ0) is 12.9. The van der Waals surface area contributed by atoms with Gasteiger partial charge in [-0.25, -0.2) is 0 Å². The van der Waals surface area contributed by atoms with Crippen LogP contribution in [-0.4, -0.2) is 25.1 Å². The molecule has 0 heterocycles. The maximum Gasteiger partial charge on any atom is 0.411 e. The van der Waals surface area contributed by atoms with Crippen LogP contribution in [0.2, 0.25) is 10.0 Å². The molecule has 1 aromatic rings. The van der Waals surface area contributed by atoms with Gasteiger partial charge in [0.25, 0.3) is 0 Å². The van der Waals surface area contributed by atoms with E-state index >= 15 is 0 Å². The summed E-state index contributed by atoms with van der Waals surface area (Å²) in [5.41, 5.74) is 0. The van der Waals surface area contributed by atoms with E-state index in [4.69, 9.17) is 23.2 Å². The molecule has 0 fully saturated rings. The number of ether oxygens (including phenoxy) is 1. The van der Waals surface area contributed by atoms with E-state index in [1.165, 1.54) is 11.8 Å². The number of benzene rings is 1. The highest BCUT2D eigenvalue weighted by atomic mass is 35.5. The molecule has 0 saturated heterocycles. The lowest BCUT2D eigenvalue weighted by Gasteiger charge is -2.08. The van der Waals surface area contributed by atoms with E-state index < -0.39 is 12.8 Å². The summed E-state index contributed by atoms with van der Waals surface area (Å²) in [6.07, 6.45) is -4.28. The molecule has 1 nitrogen and oxygen atoms in total. The highest BCUT2D eigenvalue weighted by molar-refractivity contribution is 7.99. The first-order valence-electron chi connectivity index (χ1n) is 4.61.